The Hall–Kier alpha value is -1.63. The molecule has 0 saturated heterocycles. The van der Waals surface area contributed by atoms with Crippen molar-refractivity contribution in [3.05, 3.63) is 17.8 Å². The Morgan fingerprint density at radius 3 is 2.74 bits per heavy atom. The average molecular weight is 282 g/mol. The lowest BCUT2D eigenvalue weighted by molar-refractivity contribution is 0.0937. The van der Waals surface area contributed by atoms with E-state index >= 15 is 0 Å². The fourth-order valence-corrected chi connectivity index (χ4v) is 2.38. The number of hydrogen-bond acceptors (Lipinski definition) is 4. The van der Waals surface area contributed by atoms with Crippen LogP contribution in [0.25, 0.3) is 0 Å². The van der Waals surface area contributed by atoms with Gasteiger partial charge in [0.15, 0.2) is 17.2 Å². The lowest BCUT2D eigenvalue weighted by Crippen LogP contribution is -2.50. The zero-order valence-electron chi connectivity index (χ0n) is 10.9. The van der Waals surface area contributed by atoms with E-state index in [0.717, 1.165) is 12.8 Å². The topological polar surface area (TPSA) is 79.2 Å². The van der Waals surface area contributed by atoms with Gasteiger partial charge >= 0.3 is 0 Å². The first kappa shape index (κ1) is 13.8. The van der Waals surface area contributed by atoms with Crippen LogP contribution in [0.15, 0.2) is 10.8 Å². The van der Waals surface area contributed by atoms with Crippen LogP contribution in [0.2, 0.25) is 0 Å². The summed E-state index contributed by atoms with van der Waals surface area (Å²) in [6, 6.07) is 0.402. The van der Waals surface area contributed by atoms with E-state index < -0.39 is 0 Å². The van der Waals surface area contributed by atoms with Gasteiger partial charge in [-0.1, -0.05) is 19.3 Å². The molecule has 0 bridgehead atoms. The van der Waals surface area contributed by atoms with Gasteiger partial charge in [0.25, 0.3) is 5.91 Å². The summed E-state index contributed by atoms with van der Waals surface area (Å²) < 4.78 is 4.97. The highest BCUT2D eigenvalue weighted by atomic mass is 32.1. The van der Waals surface area contributed by atoms with Crippen molar-refractivity contribution in [1.29, 1.82) is 0 Å². The lowest BCUT2D eigenvalue weighted by Gasteiger charge is -2.24. The van der Waals surface area contributed by atoms with Crippen molar-refractivity contribution in [2.45, 2.75) is 45.1 Å². The molecular weight excluding hydrogens is 264 g/mol. The first-order valence-corrected chi connectivity index (χ1v) is 6.84. The van der Waals surface area contributed by atoms with Crippen molar-refractivity contribution < 1.29 is 9.21 Å². The zero-order chi connectivity index (χ0) is 13.7. The van der Waals surface area contributed by atoms with Crippen LogP contribution < -0.4 is 16.2 Å². The van der Waals surface area contributed by atoms with Crippen molar-refractivity contribution in [2.75, 3.05) is 0 Å². The molecule has 1 heterocycles. The second-order valence-electron chi connectivity index (χ2n) is 4.64. The number of nitrogens with one attached hydrogen (secondary N) is 3. The van der Waals surface area contributed by atoms with Gasteiger partial charge in [-0.3, -0.25) is 15.6 Å². The predicted octanol–water partition coefficient (Wildman–Crippen LogP) is 1.42. The Kier molecular flexibility index (Phi) is 4.73. The van der Waals surface area contributed by atoms with E-state index in [1.54, 1.807) is 6.92 Å². The Morgan fingerprint density at radius 2 is 2.11 bits per heavy atom. The smallest absolute Gasteiger partial charge is 0.291 e. The maximum atomic E-state index is 11.7. The van der Waals surface area contributed by atoms with Crippen molar-refractivity contribution in [2.24, 2.45) is 0 Å². The largest absolute Gasteiger partial charge is 0.448 e. The molecule has 0 atom stereocenters. The Morgan fingerprint density at radius 1 is 1.37 bits per heavy atom. The fourth-order valence-electron chi connectivity index (χ4n) is 2.16. The minimum atomic E-state index is -0.362. The van der Waals surface area contributed by atoms with E-state index in [1.165, 1.54) is 25.7 Å². The summed E-state index contributed by atoms with van der Waals surface area (Å²) in [4.78, 5) is 15.6. The number of thiocarbonyl (C=S) groups is 1. The number of aryl methyl sites for hydroxylation is 1. The standard InChI is InChI=1S/C12H18N4O2S/c1-8-10(13-7-18-8)11(17)15-16-12(19)14-9-5-3-2-4-6-9/h7,9H,2-6H2,1H3,(H,15,17)(H2,14,16,19). The van der Waals surface area contributed by atoms with E-state index in [-0.39, 0.29) is 11.6 Å². The Labute approximate surface area is 117 Å². The molecule has 2 rings (SSSR count). The number of amides is 1. The number of nitrogens with zero attached hydrogens (tertiary/aromatic N) is 1. The molecule has 6 nitrogen and oxygen atoms in total. The first-order chi connectivity index (χ1) is 9.16. The van der Waals surface area contributed by atoms with Crippen molar-refractivity contribution in [3.8, 4) is 0 Å². The van der Waals surface area contributed by atoms with Crippen LogP contribution in [0.1, 0.15) is 48.4 Å². The maximum absolute atomic E-state index is 11.7. The molecule has 104 valence electrons. The average Bonchev–Trinajstić information content (AvgIpc) is 2.83. The van der Waals surface area contributed by atoms with Gasteiger partial charge in [0, 0.05) is 6.04 Å². The molecule has 0 unspecified atom stereocenters. The van der Waals surface area contributed by atoms with Crippen LogP contribution in [0.3, 0.4) is 0 Å². The van der Waals surface area contributed by atoms with E-state index in [1.807, 2.05) is 0 Å². The molecule has 1 aromatic rings. The summed E-state index contributed by atoms with van der Waals surface area (Å²) in [7, 11) is 0. The number of hydrazine groups is 1. The Bertz CT molecular complexity index is 454. The van der Waals surface area contributed by atoms with Gasteiger partial charge in [-0.2, -0.15) is 0 Å². The molecule has 19 heavy (non-hydrogen) atoms. The molecule has 7 heteroatoms. The second-order valence-corrected chi connectivity index (χ2v) is 5.05. The molecule has 0 radical (unpaired) electrons. The third kappa shape index (κ3) is 3.92. The minimum absolute atomic E-state index is 0.257. The number of carbonyl (C=O) groups is 1. The summed E-state index contributed by atoms with van der Waals surface area (Å²) in [5.74, 6) is 0.115. The van der Waals surface area contributed by atoms with Crippen LogP contribution >= 0.6 is 12.2 Å². The van der Waals surface area contributed by atoms with Crippen LogP contribution in [0, 0.1) is 6.92 Å². The lowest BCUT2D eigenvalue weighted by atomic mass is 9.96. The number of hydrogen-bond donors (Lipinski definition) is 3. The number of aromatic nitrogens is 1. The van der Waals surface area contributed by atoms with Gasteiger partial charge in [-0.25, -0.2) is 4.98 Å². The fraction of sp³-hybridized carbons (Fsp3) is 0.583. The van der Waals surface area contributed by atoms with Gasteiger partial charge in [-0.05, 0) is 32.0 Å². The molecule has 1 aliphatic rings. The van der Waals surface area contributed by atoms with Crippen LogP contribution in [0.5, 0.6) is 0 Å². The molecule has 0 aliphatic heterocycles. The van der Waals surface area contributed by atoms with Gasteiger partial charge in [0.2, 0.25) is 0 Å². The van der Waals surface area contributed by atoms with Crippen molar-refractivity contribution in [1.82, 2.24) is 21.2 Å². The quantitative estimate of drug-likeness (QED) is 0.562. The van der Waals surface area contributed by atoms with E-state index in [9.17, 15) is 4.79 Å². The predicted molar refractivity (Wildman–Crippen MR) is 74.4 cm³/mol. The van der Waals surface area contributed by atoms with E-state index in [0.29, 0.717) is 16.9 Å². The summed E-state index contributed by atoms with van der Waals surface area (Å²) in [6.07, 6.45) is 7.23. The van der Waals surface area contributed by atoms with Crippen LogP contribution in [-0.2, 0) is 0 Å². The van der Waals surface area contributed by atoms with Crippen molar-refractivity contribution in [3.63, 3.8) is 0 Å². The normalized spacial score (nSPS) is 15.8. The highest BCUT2D eigenvalue weighted by molar-refractivity contribution is 7.80. The van der Waals surface area contributed by atoms with E-state index in [4.69, 9.17) is 16.6 Å². The van der Waals surface area contributed by atoms with Gasteiger partial charge in [-0.15, -0.1) is 0 Å². The summed E-state index contributed by atoms with van der Waals surface area (Å²) >= 11 is 5.13. The molecule has 1 amide bonds. The molecule has 3 N–H and O–H groups in total. The first-order valence-electron chi connectivity index (χ1n) is 6.44. The molecule has 1 aliphatic carbocycles. The minimum Gasteiger partial charge on any atom is -0.448 e. The third-order valence-corrected chi connectivity index (χ3v) is 3.41. The molecule has 0 spiro atoms. The Balaban J connectivity index is 1.74. The van der Waals surface area contributed by atoms with Gasteiger partial charge < -0.3 is 9.73 Å². The van der Waals surface area contributed by atoms with Crippen molar-refractivity contribution >= 4 is 23.2 Å². The second kappa shape index (κ2) is 6.51. The molecule has 1 aromatic heterocycles. The highest BCUT2D eigenvalue weighted by Crippen LogP contribution is 2.17. The molecule has 0 aromatic carbocycles. The zero-order valence-corrected chi connectivity index (χ0v) is 11.7. The van der Waals surface area contributed by atoms with Crippen LogP contribution in [-0.4, -0.2) is 22.0 Å². The number of carbonyl (C=O) groups excluding carboxylic acids is 1. The highest BCUT2D eigenvalue weighted by Gasteiger charge is 2.16. The number of oxazole rings is 1. The third-order valence-electron chi connectivity index (χ3n) is 3.19. The molecular formula is C12H18N4O2S. The van der Waals surface area contributed by atoms with Crippen LogP contribution in [0.4, 0.5) is 0 Å². The number of rotatable bonds is 2. The SMILES string of the molecule is Cc1ocnc1C(=O)NNC(=S)NC1CCCCC1. The maximum Gasteiger partial charge on any atom is 0.291 e. The summed E-state index contributed by atoms with van der Waals surface area (Å²) in [5, 5.41) is 3.63. The molecule has 1 saturated carbocycles. The van der Waals surface area contributed by atoms with Gasteiger partial charge in [0.05, 0.1) is 0 Å². The van der Waals surface area contributed by atoms with E-state index in [2.05, 4.69) is 21.2 Å². The van der Waals surface area contributed by atoms with Gasteiger partial charge in [0.1, 0.15) is 5.76 Å². The molecule has 1 fully saturated rings. The summed E-state index contributed by atoms with van der Waals surface area (Å²) in [6.45, 7) is 1.68. The monoisotopic (exact) mass is 282 g/mol. The summed E-state index contributed by atoms with van der Waals surface area (Å²) in [5.41, 5.74) is 5.44.